The molecule has 0 aliphatic heterocycles. The molecule has 0 saturated carbocycles. The molecule has 0 fully saturated rings. The highest BCUT2D eigenvalue weighted by Crippen LogP contribution is 2.24. The van der Waals surface area contributed by atoms with Gasteiger partial charge in [-0.15, -0.1) is 0 Å². The molecule has 1 heterocycles. The standard InChI is InChI=1S/C25H31N3O/c1-17-15-18(2)28(27-17)16-20-7-9-22(10-8-20)24(29)26-19(3)21-11-13-23(14-12-21)25(4,5)6/h7-15,19H,16H2,1-6H3,(H,26,29)/t19-/m0/s1. The molecule has 0 aliphatic carbocycles. The second-order valence-electron chi connectivity index (χ2n) is 8.85. The molecule has 152 valence electrons. The van der Waals surface area contributed by atoms with Crippen LogP contribution in [0.2, 0.25) is 0 Å². The fraction of sp³-hybridized carbons (Fsp3) is 0.360. The van der Waals surface area contributed by atoms with Gasteiger partial charge >= 0.3 is 0 Å². The van der Waals surface area contributed by atoms with Gasteiger partial charge in [0, 0.05) is 11.3 Å². The van der Waals surface area contributed by atoms with Crippen molar-refractivity contribution in [3.05, 3.63) is 88.2 Å². The lowest BCUT2D eigenvalue weighted by Crippen LogP contribution is -2.26. The monoisotopic (exact) mass is 389 g/mol. The van der Waals surface area contributed by atoms with Gasteiger partial charge in [-0.05, 0) is 61.1 Å². The largest absolute Gasteiger partial charge is 0.346 e. The number of aromatic nitrogens is 2. The van der Waals surface area contributed by atoms with Crippen molar-refractivity contribution in [2.24, 2.45) is 0 Å². The number of carbonyl (C=O) groups is 1. The molecule has 1 N–H and O–H groups in total. The van der Waals surface area contributed by atoms with Crippen molar-refractivity contribution < 1.29 is 4.79 Å². The maximum atomic E-state index is 12.7. The van der Waals surface area contributed by atoms with E-state index in [1.165, 1.54) is 5.56 Å². The van der Waals surface area contributed by atoms with Crippen LogP contribution in [-0.2, 0) is 12.0 Å². The van der Waals surface area contributed by atoms with E-state index in [0.717, 1.165) is 22.5 Å². The first-order valence-electron chi connectivity index (χ1n) is 10.1. The Morgan fingerprint density at radius 3 is 2.17 bits per heavy atom. The van der Waals surface area contributed by atoms with Gasteiger partial charge in [0.2, 0.25) is 0 Å². The van der Waals surface area contributed by atoms with Crippen LogP contribution in [0.25, 0.3) is 0 Å². The minimum atomic E-state index is -0.0601. The summed E-state index contributed by atoms with van der Waals surface area (Å²) >= 11 is 0. The van der Waals surface area contributed by atoms with Gasteiger partial charge in [-0.25, -0.2) is 0 Å². The first kappa shape index (κ1) is 20.8. The Bertz CT molecular complexity index is 976. The number of aryl methyl sites for hydroxylation is 2. The van der Waals surface area contributed by atoms with Gasteiger partial charge in [0.1, 0.15) is 0 Å². The van der Waals surface area contributed by atoms with Crippen LogP contribution in [-0.4, -0.2) is 15.7 Å². The van der Waals surface area contributed by atoms with Crippen LogP contribution in [0, 0.1) is 13.8 Å². The van der Waals surface area contributed by atoms with Gasteiger partial charge in [-0.1, -0.05) is 57.2 Å². The van der Waals surface area contributed by atoms with Gasteiger partial charge in [-0.2, -0.15) is 5.10 Å². The molecule has 4 nitrogen and oxygen atoms in total. The smallest absolute Gasteiger partial charge is 0.251 e. The van der Waals surface area contributed by atoms with Gasteiger partial charge in [-0.3, -0.25) is 9.48 Å². The molecule has 3 aromatic rings. The minimum absolute atomic E-state index is 0.0501. The summed E-state index contributed by atoms with van der Waals surface area (Å²) < 4.78 is 1.98. The number of carbonyl (C=O) groups excluding carboxylic acids is 1. The number of nitrogens with one attached hydrogen (secondary N) is 1. The Balaban J connectivity index is 1.63. The molecule has 0 aliphatic rings. The van der Waals surface area contributed by atoms with Crippen LogP contribution < -0.4 is 5.32 Å². The molecule has 1 amide bonds. The lowest BCUT2D eigenvalue weighted by atomic mass is 9.86. The summed E-state index contributed by atoms with van der Waals surface area (Å²) in [4.78, 5) is 12.7. The number of rotatable bonds is 5. The van der Waals surface area contributed by atoms with E-state index < -0.39 is 0 Å². The zero-order valence-electron chi connectivity index (χ0n) is 18.3. The topological polar surface area (TPSA) is 46.9 Å². The summed E-state index contributed by atoms with van der Waals surface area (Å²) in [5, 5.41) is 7.59. The third kappa shape index (κ3) is 5.14. The van der Waals surface area contributed by atoms with E-state index in [1.807, 2.05) is 42.8 Å². The van der Waals surface area contributed by atoms with Crippen LogP contribution in [0.15, 0.2) is 54.6 Å². The van der Waals surface area contributed by atoms with Crippen molar-refractivity contribution in [3.63, 3.8) is 0 Å². The highest BCUT2D eigenvalue weighted by atomic mass is 16.1. The minimum Gasteiger partial charge on any atom is -0.346 e. The summed E-state index contributed by atoms with van der Waals surface area (Å²) in [5.74, 6) is -0.0601. The molecule has 1 aromatic heterocycles. The molecule has 2 aromatic carbocycles. The third-order valence-electron chi connectivity index (χ3n) is 5.28. The van der Waals surface area contributed by atoms with E-state index in [2.05, 4.69) is 68.4 Å². The van der Waals surface area contributed by atoms with Crippen LogP contribution in [0.4, 0.5) is 0 Å². The molecule has 1 atom stereocenters. The highest BCUT2D eigenvalue weighted by Gasteiger charge is 2.15. The Kier molecular flexibility index (Phi) is 5.92. The van der Waals surface area contributed by atoms with Crippen LogP contribution in [0.3, 0.4) is 0 Å². The summed E-state index contributed by atoms with van der Waals surface area (Å²) in [6, 6.07) is 18.3. The maximum Gasteiger partial charge on any atom is 0.251 e. The van der Waals surface area contributed by atoms with E-state index in [0.29, 0.717) is 12.1 Å². The molecule has 0 saturated heterocycles. The number of benzene rings is 2. The quantitative estimate of drug-likeness (QED) is 0.640. The summed E-state index contributed by atoms with van der Waals surface area (Å²) in [6.45, 7) is 13.4. The Labute approximate surface area is 174 Å². The SMILES string of the molecule is Cc1cc(C)n(Cc2ccc(C(=O)N[C@@H](C)c3ccc(C(C)(C)C)cc3)cc2)n1. The van der Waals surface area contributed by atoms with Crippen molar-refractivity contribution >= 4 is 5.91 Å². The van der Waals surface area contributed by atoms with Gasteiger partial charge in [0.25, 0.3) is 5.91 Å². The van der Waals surface area contributed by atoms with Crippen molar-refractivity contribution in [1.82, 2.24) is 15.1 Å². The fourth-order valence-corrected chi connectivity index (χ4v) is 3.40. The molecule has 29 heavy (non-hydrogen) atoms. The first-order chi connectivity index (χ1) is 13.6. The normalized spacial score (nSPS) is 12.6. The van der Waals surface area contributed by atoms with E-state index in [-0.39, 0.29) is 17.4 Å². The fourth-order valence-electron chi connectivity index (χ4n) is 3.40. The molecule has 0 unspecified atom stereocenters. The molecule has 3 rings (SSSR count). The number of hydrogen-bond donors (Lipinski definition) is 1. The van der Waals surface area contributed by atoms with Gasteiger partial charge in [0.15, 0.2) is 0 Å². The zero-order chi connectivity index (χ0) is 21.2. The third-order valence-corrected chi connectivity index (χ3v) is 5.28. The zero-order valence-corrected chi connectivity index (χ0v) is 18.3. The molecule has 0 radical (unpaired) electrons. The number of amides is 1. The predicted octanol–water partition coefficient (Wildman–Crippen LogP) is 5.34. The van der Waals surface area contributed by atoms with Crippen molar-refractivity contribution in [1.29, 1.82) is 0 Å². The summed E-state index contributed by atoms with van der Waals surface area (Å²) in [7, 11) is 0. The first-order valence-corrected chi connectivity index (χ1v) is 10.1. The van der Waals surface area contributed by atoms with Gasteiger partial charge in [0.05, 0.1) is 18.3 Å². The number of hydrogen-bond acceptors (Lipinski definition) is 2. The van der Waals surface area contributed by atoms with Crippen molar-refractivity contribution in [2.45, 2.75) is 59.5 Å². The summed E-state index contributed by atoms with van der Waals surface area (Å²) in [5.41, 5.74) is 6.46. The highest BCUT2D eigenvalue weighted by molar-refractivity contribution is 5.94. The average Bonchev–Trinajstić information content (AvgIpc) is 2.98. The Morgan fingerprint density at radius 1 is 1.03 bits per heavy atom. The van der Waals surface area contributed by atoms with Crippen molar-refractivity contribution in [2.75, 3.05) is 0 Å². The molecule has 4 heteroatoms. The summed E-state index contributed by atoms with van der Waals surface area (Å²) in [6.07, 6.45) is 0. The Hall–Kier alpha value is -2.88. The maximum absolute atomic E-state index is 12.7. The van der Waals surface area contributed by atoms with E-state index >= 15 is 0 Å². The molecule has 0 spiro atoms. The van der Waals surface area contributed by atoms with Crippen LogP contribution >= 0.6 is 0 Å². The molecular formula is C25H31N3O. The lowest BCUT2D eigenvalue weighted by molar-refractivity contribution is 0.0940. The predicted molar refractivity (Wildman–Crippen MR) is 118 cm³/mol. The van der Waals surface area contributed by atoms with Crippen LogP contribution in [0.5, 0.6) is 0 Å². The molecule has 0 bridgehead atoms. The average molecular weight is 390 g/mol. The van der Waals surface area contributed by atoms with E-state index in [9.17, 15) is 4.79 Å². The second kappa shape index (κ2) is 8.24. The Morgan fingerprint density at radius 2 is 1.66 bits per heavy atom. The van der Waals surface area contributed by atoms with E-state index in [1.54, 1.807) is 0 Å². The number of nitrogens with zero attached hydrogens (tertiary/aromatic N) is 2. The van der Waals surface area contributed by atoms with Crippen molar-refractivity contribution in [3.8, 4) is 0 Å². The molecular weight excluding hydrogens is 358 g/mol. The van der Waals surface area contributed by atoms with Gasteiger partial charge < -0.3 is 5.32 Å². The second-order valence-corrected chi connectivity index (χ2v) is 8.85. The van der Waals surface area contributed by atoms with E-state index in [4.69, 9.17) is 0 Å². The van der Waals surface area contributed by atoms with Crippen LogP contribution in [0.1, 0.15) is 72.2 Å². The lowest BCUT2D eigenvalue weighted by Gasteiger charge is -2.20.